The average Bonchev–Trinajstić information content (AvgIpc) is 3.22. The number of ether oxygens (including phenoxy) is 2. The van der Waals surface area contributed by atoms with E-state index in [1.54, 1.807) is 25.7 Å². The quantitative estimate of drug-likeness (QED) is 0.583. The summed E-state index contributed by atoms with van der Waals surface area (Å²) in [5, 5.41) is 0. The van der Waals surface area contributed by atoms with E-state index in [4.69, 9.17) is 9.47 Å². The Hall–Kier alpha value is -3.29. The van der Waals surface area contributed by atoms with Gasteiger partial charge in [0.25, 0.3) is 5.91 Å². The van der Waals surface area contributed by atoms with Crippen LogP contribution in [0.5, 0.6) is 5.75 Å². The predicted octanol–water partition coefficient (Wildman–Crippen LogP) is 2.88. The summed E-state index contributed by atoms with van der Waals surface area (Å²) in [7, 11) is 1.67. The van der Waals surface area contributed by atoms with Crippen LogP contribution in [-0.2, 0) is 22.6 Å². The Morgan fingerprint density at radius 1 is 1.06 bits per heavy atom. The minimum atomic E-state index is -0.923. The molecule has 2 atom stereocenters. The SMILES string of the molecule is COc1cccc(CN2CC(c3cccnc3)C3(C2)OCCN(Cc2ccncc2)C3=O)c1. The summed E-state index contributed by atoms with van der Waals surface area (Å²) in [6, 6.07) is 16.0. The maximum Gasteiger partial charge on any atom is 0.257 e. The van der Waals surface area contributed by atoms with Crippen LogP contribution in [0, 0.1) is 0 Å². The first-order valence-electron chi connectivity index (χ1n) is 11.3. The van der Waals surface area contributed by atoms with Crippen LogP contribution in [0.4, 0.5) is 0 Å². The highest BCUT2D eigenvalue weighted by molar-refractivity contribution is 5.88. The number of pyridine rings is 2. The van der Waals surface area contributed by atoms with Crippen molar-refractivity contribution in [3.63, 3.8) is 0 Å². The number of benzene rings is 1. The number of nitrogens with zero attached hydrogens (tertiary/aromatic N) is 4. The molecule has 0 bridgehead atoms. The van der Waals surface area contributed by atoms with Gasteiger partial charge >= 0.3 is 0 Å². The molecule has 4 heterocycles. The molecule has 0 radical (unpaired) electrons. The minimum absolute atomic E-state index is 0.0487. The lowest BCUT2D eigenvalue weighted by Crippen LogP contribution is -2.59. The zero-order valence-corrected chi connectivity index (χ0v) is 18.8. The van der Waals surface area contributed by atoms with Crippen LogP contribution in [-0.4, -0.2) is 64.6 Å². The highest BCUT2D eigenvalue weighted by Crippen LogP contribution is 2.42. The minimum Gasteiger partial charge on any atom is -0.497 e. The van der Waals surface area contributed by atoms with Crippen molar-refractivity contribution in [3.8, 4) is 5.75 Å². The lowest BCUT2D eigenvalue weighted by atomic mass is 9.83. The number of rotatable bonds is 6. The Labute approximate surface area is 194 Å². The number of hydrogen-bond donors (Lipinski definition) is 0. The number of methoxy groups -OCH3 is 1. The standard InChI is InChI=1S/C26H28N4O3/c1-32-23-6-2-4-21(14-23)16-29-18-24(22-5-3-9-28-15-22)26(19-29)25(31)30(12-13-33-26)17-20-7-10-27-11-8-20/h2-11,14-15,24H,12-13,16-19H2,1H3. The average molecular weight is 445 g/mol. The third-order valence-corrected chi connectivity index (χ3v) is 6.58. The molecular formula is C26H28N4O3. The first-order valence-corrected chi connectivity index (χ1v) is 11.3. The maximum absolute atomic E-state index is 14.0. The van der Waals surface area contributed by atoms with Crippen LogP contribution in [0.25, 0.3) is 0 Å². The van der Waals surface area contributed by atoms with Gasteiger partial charge in [0.1, 0.15) is 5.75 Å². The molecule has 2 fully saturated rings. The van der Waals surface area contributed by atoms with E-state index in [0.717, 1.165) is 35.5 Å². The van der Waals surface area contributed by atoms with Gasteiger partial charge < -0.3 is 14.4 Å². The number of carbonyl (C=O) groups excluding carboxylic acids is 1. The van der Waals surface area contributed by atoms with Crippen LogP contribution in [0.1, 0.15) is 22.6 Å². The Bertz CT molecular complexity index is 1090. The number of aromatic nitrogens is 2. The third kappa shape index (κ3) is 4.34. The zero-order chi connectivity index (χ0) is 22.7. The molecule has 2 aliphatic rings. The second-order valence-corrected chi connectivity index (χ2v) is 8.68. The molecule has 0 aliphatic carbocycles. The molecule has 1 aromatic carbocycles. The Balaban J connectivity index is 1.44. The van der Waals surface area contributed by atoms with Gasteiger partial charge in [0.2, 0.25) is 0 Å². The third-order valence-electron chi connectivity index (χ3n) is 6.58. The van der Waals surface area contributed by atoms with Crippen molar-refractivity contribution in [1.82, 2.24) is 19.8 Å². The summed E-state index contributed by atoms with van der Waals surface area (Å²) in [6.07, 6.45) is 7.15. The van der Waals surface area contributed by atoms with Crippen molar-refractivity contribution in [2.45, 2.75) is 24.6 Å². The number of amides is 1. The van der Waals surface area contributed by atoms with Crippen molar-refractivity contribution in [2.24, 2.45) is 0 Å². The summed E-state index contributed by atoms with van der Waals surface area (Å²) < 4.78 is 11.8. The Morgan fingerprint density at radius 3 is 2.73 bits per heavy atom. The molecule has 0 N–H and O–H groups in total. The molecule has 5 rings (SSSR count). The lowest BCUT2D eigenvalue weighted by molar-refractivity contribution is -0.173. The Morgan fingerprint density at radius 2 is 1.94 bits per heavy atom. The Kier molecular flexibility index (Phi) is 6.07. The molecule has 1 spiro atoms. The van der Waals surface area contributed by atoms with Crippen LogP contribution in [0.2, 0.25) is 0 Å². The smallest absolute Gasteiger partial charge is 0.257 e. The highest BCUT2D eigenvalue weighted by Gasteiger charge is 2.56. The monoisotopic (exact) mass is 444 g/mol. The second kappa shape index (κ2) is 9.29. The molecule has 7 nitrogen and oxygen atoms in total. The summed E-state index contributed by atoms with van der Waals surface area (Å²) in [5.41, 5.74) is 2.32. The number of hydrogen-bond acceptors (Lipinski definition) is 6. The predicted molar refractivity (Wildman–Crippen MR) is 124 cm³/mol. The van der Waals surface area contributed by atoms with E-state index >= 15 is 0 Å². The van der Waals surface area contributed by atoms with Gasteiger partial charge in [-0.05, 0) is 47.0 Å². The van der Waals surface area contributed by atoms with E-state index in [1.165, 1.54) is 0 Å². The van der Waals surface area contributed by atoms with Crippen molar-refractivity contribution in [3.05, 3.63) is 90.0 Å². The van der Waals surface area contributed by atoms with Gasteiger partial charge in [0.05, 0.1) is 13.7 Å². The van der Waals surface area contributed by atoms with Gasteiger partial charge in [-0.3, -0.25) is 19.7 Å². The molecule has 2 aromatic heterocycles. The molecule has 1 amide bonds. The second-order valence-electron chi connectivity index (χ2n) is 8.68. The van der Waals surface area contributed by atoms with Crippen LogP contribution >= 0.6 is 0 Å². The molecule has 2 aliphatic heterocycles. The van der Waals surface area contributed by atoms with Crippen molar-refractivity contribution in [2.75, 3.05) is 33.4 Å². The molecule has 2 saturated heterocycles. The van der Waals surface area contributed by atoms with Gasteiger partial charge in [-0.2, -0.15) is 0 Å². The van der Waals surface area contributed by atoms with E-state index in [-0.39, 0.29) is 11.8 Å². The number of carbonyl (C=O) groups is 1. The molecule has 33 heavy (non-hydrogen) atoms. The summed E-state index contributed by atoms with van der Waals surface area (Å²) in [4.78, 5) is 26.6. The topological polar surface area (TPSA) is 67.8 Å². The van der Waals surface area contributed by atoms with Gasteiger partial charge in [0.15, 0.2) is 5.60 Å². The van der Waals surface area contributed by atoms with Crippen LogP contribution in [0.15, 0.2) is 73.3 Å². The first-order chi connectivity index (χ1) is 16.2. The molecular weight excluding hydrogens is 416 g/mol. The van der Waals surface area contributed by atoms with Gasteiger partial charge in [-0.15, -0.1) is 0 Å². The van der Waals surface area contributed by atoms with Crippen molar-refractivity contribution in [1.29, 1.82) is 0 Å². The number of likely N-dealkylation sites (tertiary alicyclic amines) is 1. The van der Waals surface area contributed by atoms with E-state index in [1.807, 2.05) is 53.6 Å². The van der Waals surface area contributed by atoms with Crippen molar-refractivity contribution < 1.29 is 14.3 Å². The van der Waals surface area contributed by atoms with Crippen LogP contribution in [0.3, 0.4) is 0 Å². The van der Waals surface area contributed by atoms with E-state index in [9.17, 15) is 4.79 Å². The van der Waals surface area contributed by atoms with E-state index in [0.29, 0.717) is 26.2 Å². The van der Waals surface area contributed by atoms with E-state index < -0.39 is 5.60 Å². The molecule has 170 valence electrons. The normalized spacial score (nSPS) is 23.2. The molecule has 0 saturated carbocycles. The molecule has 7 heteroatoms. The highest BCUT2D eigenvalue weighted by atomic mass is 16.5. The fourth-order valence-electron chi connectivity index (χ4n) is 5.01. The summed E-state index contributed by atoms with van der Waals surface area (Å²) in [5.74, 6) is 0.788. The molecule has 2 unspecified atom stereocenters. The van der Waals surface area contributed by atoms with Gasteiger partial charge in [0, 0.05) is 63.4 Å². The lowest BCUT2D eigenvalue weighted by Gasteiger charge is -2.42. The molecule has 3 aromatic rings. The largest absolute Gasteiger partial charge is 0.497 e. The fourth-order valence-corrected chi connectivity index (χ4v) is 5.01. The zero-order valence-electron chi connectivity index (χ0n) is 18.8. The summed E-state index contributed by atoms with van der Waals surface area (Å²) in [6.45, 7) is 3.63. The van der Waals surface area contributed by atoms with Gasteiger partial charge in [-0.1, -0.05) is 18.2 Å². The van der Waals surface area contributed by atoms with Crippen molar-refractivity contribution >= 4 is 5.91 Å². The first kappa shape index (κ1) is 21.6. The van der Waals surface area contributed by atoms with Crippen LogP contribution < -0.4 is 4.74 Å². The number of morpholine rings is 1. The maximum atomic E-state index is 14.0. The van der Waals surface area contributed by atoms with E-state index in [2.05, 4.69) is 20.9 Å². The fraction of sp³-hybridized carbons (Fsp3) is 0.346. The summed E-state index contributed by atoms with van der Waals surface area (Å²) >= 11 is 0. The van der Waals surface area contributed by atoms with Gasteiger partial charge in [-0.25, -0.2) is 0 Å².